The van der Waals surface area contributed by atoms with Crippen molar-refractivity contribution in [3.8, 4) is 0 Å². The maximum Gasteiger partial charge on any atom is 0.240 e. The first-order valence-electron chi connectivity index (χ1n) is 6.35. The van der Waals surface area contributed by atoms with Gasteiger partial charge in [-0.05, 0) is 37.4 Å². The topological polar surface area (TPSA) is 71.1 Å². The van der Waals surface area contributed by atoms with E-state index in [4.69, 9.17) is 0 Å². The van der Waals surface area contributed by atoms with Crippen molar-refractivity contribution in [2.75, 3.05) is 7.05 Å². The highest BCUT2D eigenvalue weighted by Crippen LogP contribution is 2.15. The molecule has 1 heterocycles. The third kappa shape index (κ3) is 4.07. The number of aromatic nitrogens is 1. The molecule has 0 bridgehead atoms. The molecule has 0 aliphatic carbocycles. The molecule has 0 spiro atoms. The summed E-state index contributed by atoms with van der Waals surface area (Å²) in [6, 6.07) is 8.98. The van der Waals surface area contributed by atoms with Gasteiger partial charge in [-0.25, -0.2) is 17.5 Å². The largest absolute Gasteiger partial charge is 0.316 e. The number of halogens is 1. The van der Waals surface area contributed by atoms with Crippen molar-refractivity contribution in [2.24, 2.45) is 0 Å². The lowest BCUT2D eigenvalue weighted by Gasteiger charge is -2.09. The van der Waals surface area contributed by atoms with E-state index in [2.05, 4.69) is 15.0 Å². The first kappa shape index (κ1) is 15.6. The van der Waals surface area contributed by atoms with Crippen molar-refractivity contribution < 1.29 is 12.8 Å². The zero-order valence-corrected chi connectivity index (χ0v) is 12.3. The molecule has 0 fully saturated rings. The molecule has 0 saturated heterocycles. The van der Waals surface area contributed by atoms with Gasteiger partial charge in [-0.1, -0.05) is 6.07 Å². The van der Waals surface area contributed by atoms with Crippen LogP contribution in [-0.2, 0) is 23.1 Å². The number of hydrogen-bond donors (Lipinski definition) is 2. The van der Waals surface area contributed by atoms with Crippen molar-refractivity contribution >= 4 is 10.0 Å². The maximum absolute atomic E-state index is 13.5. The zero-order chi connectivity index (χ0) is 15.3. The molecule has 1 aromatic carbocycles. The highest BCUT2D eigenvalue weighted by atomic mass is 32.2. The summed E-state index contributed by atoms with van der Waals surface area (Å²) in [5, 5.41) is 2.80. The summed E-state index contributed by atoms with van der Waals surface area (Å²) in [6.07, 6.45) is 1.59. The van der Waals surface area contributed by atoms with Crippen LogP contribution in [0.25, 0.3) is 0 Å². The van der Waals surface area contributed by atoms with Crippen LogP contribution in [0.5, 0.6) is 0 Å². The lowest BCUT2D eigenvalue weighted by molar-refractivity contribution is 0.577. The van der Waals surface area contributed by atoms with Crippen molar-refractivity contribution in [1.82, 2.24) is 15.0 Å². The van der Waals surface area contributed by atoms with Crippen molar-refractivity contribution in [1.29, 1.82) is 0 Å². The monoisotopic (exact) mass is 309 g/mol. The molecule has 21 heavy (non-hydrogen) atoms. The van der Waals surface area contributed by atoms with Crippen LogP contribution in [0.2, 0.25) is 0 Å². The van der Waals surface area contributed by atoms with Crippen LogP contribution >= 0.6 is 0 Å². The quantitative estimate of drug-likeness (QED) is 0.846. The molecule has 0 unspecified atom stereocenters. The summed E-state index contributed by atoms with van der Waals surface area (Å²) in [4.78, 5) is 4.07. The van der Waals surface area contributed by atoms with Gasteiger partial charge in [-0.15, -0.1) is 0 Å². The molecule has 2 rings (SSSR count). The first-order chi connectivity index (χ1) is 10.0. The van der Waals surface area contributed by atoms with E-state index in [1.54, 1.807) is 31.4 Å². The second kappa shape index (κ2) is 6.75. The van der Waals surface area contributed by atoms with E-state index in [0.717, 1.165) is 6.07 Å². The van der Waals surface area contributed by atoms with Crippen LogP contribution in [-0.4, -0.2) is 20.4 Å². The summed E-state index contributed by atoms with van der Waals surface area (Å²) < 4.78 is 40.4. The molecule has 0 aliphatic rings. The Kier molecular flexibility index (Phi) is 5.00. The highest BCUT2D eigenvalue weighted by molar-refractivity contribution is 7.89. The van der Waals surface area contributed by atoms with Gasteiger partial charge in [-0.3, -0.25) is 4.98 Å². The average molecular weight is 309 g/mol. The summed E-state index contributed by atoms with van der Waals surface area (Å²) in [5.74, 6) is -0.437. The predicted molar refractivity (Wildman–Crippen MR) is 77.4 cm³/mol. The van der Waals surface area contributed by atoms with E-state index in [9.17, 15) is 12.8 Å². The van der Waals surface area contributed by atoms with Gasteiger partial charge in [0.15, 0.2) is 0 Å². The SMILES string of the molecule is CNCc1cc(S(=O)(=O)NCc2ccccn2)ccc1F. The molecule has 2 N–H and O–H groups in total. The summed E-state index contributed by atoms with van der Waals surface area (Å²) >= 11 is 0. The normalized spacial score (nSPS) is 11.5. The van der Waals surface area contributed by atoms with Crippen LogP contribution in [0.15, 0.2) is 47.5 Å². The second-order valence-corrected chi connectivity index (χ2v) is 6.20. The van der Waals surface area contributed by atoms with E-state index in [1.165, 1.54) is 12.1 Å². The van der Waals surface area contributed by atoms with Gasteiger partial charge in [0, 0.05) is 18.3 Å². The first-order valence-corrected chi connectivity index (χ1v) is 7.84. The number of benzene rings is 1. The number of nitrogens with zero attached hydrogens (tertiary/aromatic N) is 1. The van der Waals surface area contributed by atoms with E-state index in [1.807, 2.05) is 0 Å². The van der Waals surface area contributed by atoms with Crippen LogP contribution in [0.1, 0.15) is 11.3 Å². The summed E-state index contributed by atoms with van der Waals surface area (Å²) in [5.41, 5.74) is 0.914. The van der Waals surface area contributed by atoms with Crippen LogP contribution < -0.4 is 10.0 Å². The zero-order valence-electron chi connectivity index (χ0n) is 11.5. The minimum absolute atomic E-state index is 0.0325. The molecule has 1 aromatic heterocycles. The standard InChI is InChI=1S/C14H16FN3O2S/c1-16-9-11-8-13(5-6-14(11)15)21(19,20)18-10-12-4-2-3-7-17-12/h2-8,16,18H,9-10H2,1H3. The van der Waals surface area contributed by atoms with Gasteiger partial charge >= 0.3 is 0 Å². The smallest absolute Gasteiger partial charge is 0.240 e. The van der Waals surface area contributed by atoms with Gasteiger partial charge in [0.2, 0.25) is 10.0 Å². The third-order valence-electron chi connectivity index (χ3n) is 2.86. The Morgan fingerprint density at radius 2 is 2.00 bits per heavy atom. The van der Waals surface area contributed by atoms with Gasteiger partial charge < -0.3 is 5.32 Å². The van der Waals surface area contributed by atoms with Gasteiger partial charge in [0.25, 0.3) is 0 Å². The molecule has 5 nitrogen and oxygen atoms in total. The number of rotatable bonds is 6. The van der Waals surface area contributed by atoms with Crippen LogP contribution in [0.4, 0.5) is 4.39 Å². The molecule has 0 radical (unpaired) electrons. The fourth-order valence-corrected chi connectivity index (χ4v) is 2.85. The van der Waals surface area contributed by atoms with Crippen LogP contribution in [0, 0.1) is 5.82 Å². The Morgan fingerprint density at radius 1 is 1.19 bits per heavy atom. The fourth-order valence-electron chi connectivity index (χ4n) is 1.80. The molecule has 0 aliphatic heterocycles. The Labute approximate surface area is 123 Å². The van der Waals surface area contributed by atoms with E-state index >= 15 is 0 Å². The summed E-state index contributed by atoms with van der Waals surface area (Å²) in [7, 11) is -2.03. The number of hydrogen-bond acceptors (Lipinski definition) is 4. The molecule has 0 amide bonds. The van der Waals surface area contributed by atoms with Gasteiger partial charge in [0.05, 0.1) is 17.1 Å². The Bertz CT molecular complexity index is 705. The van der Waals surface area contributed by atoms with Gasteiger partial charge in [0.1, 0.15) is 5.82 Å². The van der Waals surface area contributed by atoms with Crippen molar-refractivity contribution in [2.45, 2.75) is 18.0 Å². The minimum atomic E-state index is -3.70. The lowest BCUT2D eigenvalue weighted by atomic mass is 10.2. The molecule has 2 aromatic rings. The van der Waals surface area contributed by atoms with Crippen molar-refractivity contribution in [3.63, 3.8) is 0 Å². The Hall–Kier alpha value is -1.83. The lowest BCUT2D eigenvalue weighted by Crippen LogP contribution is -2.24. The number of nitrogens with one attached hydrogen (secondary N) is 2. The maximum atomic E-state index is 13.5. The molecular weight excluding hydrogens is 293 g/mol. The average Bonchev–Trinajstić information content (AvgIpc) is 2.49. The Balaban J connectivity index is 2.17. The molecular formula is C14H16FN3O2S. The van der Waals surface area contributed by atoms with Crippen molar-refractivity contribution in [3.05, 3.63) is 59.7 Å². The number of sulfonamides is 1. The number of pyridine rings is 1. The molecule has 0 saturated carbocycles. The van der Waals surface area contributed by atoms with Crippen LogP contribution in [0.3, 0.4) is 0 Å². The third-order valence-corrected chi connectivity index (χ3v) is 4.26. The van der Waals surface area contributed by atoms with E-state index < -0.39 is 15.8 Å². The second-order valence-electron chi connectivity index (χ2n) is 4.43. The molecule has 0 atom stereocenters. The minimum Gasteiger partial charge on any atom is -0.316 e. The highest BCUT2D eigenvalue weighted by Gasteiger charge is 2.16. The fraction of sp³-hybridized carbons (Fsp3) is 0.214. The summed E-state index contributed by atoms with van der Waals surface area (Å²) in [6.45, 7) is 0.345. The van der Waals surface area contributed by atoms with Gasteiger partial charge in [-0.2, -0.15) is 0 Å². The van der Waals surface area contributed by atoms with E-state index in [-0.39, 0.29) is 18.0 Å². The predicted octanol–water partition coefficient (Wildman–Crippen LogP) is 1.42. The molecule has 7 heteroatoms. The van der Waals surface area contributed by atoms with E-state index in [0.29, 0.717) is 11.3 Å². The Morgan fingerprint density at radius 3 is 2.67 bits per heavy atom. The molecule has 112 valence electrons.